The van der Waals surface area contributed by atoms with Crippen molar-refractivity contribution in [1.29, 1.82) is 0 Å². The van der Waals surface area contributed by atoms with Gasteiger partial charge in [-0.1, -0.05) is 26.0 Å². The molecule has 0 fully saturated rings. The molecule has 0 amide bonds. The molecule has 1 N–H and O–H groups in total. The van der Waals surface area contributed by atoms with Crippen LogP contribution in [0.2, 0.25) is 0 Å². The van der Waals surface area contributed by atoms with E-state index in [1.165, 1.54) is 0 Å². The van der Waals surface area contributed by atoms with Gasteiger partial charge in [0, 0.05) is 12.3 Å². The van der Waals surface area contributed by atoms with Gasteiger partial charge in [0.05, 0.1) is 0 Å². The third-order valence-electron chi connectivity index (χ3n) is 1.09. The normalized spacial score (nSPS) is 11.2. The van der Waals surface area contributed by atoms with Crippen LogP contribution in [-0.2, 0) is 0 Å². The highest BCUT2D eigenvalue weighted by Crippen LogP contribution is 1.99. The van der Waals surface area contributed by atoms with E-state index in [2.05, 4.69) is 30.7 Å². The molecule has 0 heterocycles. The van der Waals surface area contributed by atoms with Crippen molar-refractivity contribution in [2.45, 2.75) is 47.6 Å². The molecule has 0 aliphatic carbocycles. The average molecular weight is 196 g/mol. The van der Waals surface area contributed by atoms with Gasteiger partial charge < -0.3 is 5.32 Å². The summed E-state index contributed by atoms with van der Waals surface area (Å²) >= 11 is 0. The van der Waals surface area contributed by atoms with Gasteiger partial charge in [0.25, 0.3) is 0 Å². The van der Waals surface area contributed by atoms with Gasteiger partial charge in [0.2, 0.25) is 0 Å². The Morgan fingerprint density at radius 3 is 2.14 bits per heavy atom. The number of nitrogens with zero attached hydrogens (tertiary/aromatic N) is 1. The molecule has 2 heteroatoms. The van der Waals surface area contributed by atoms with Crippen LogP contribution in [0.15, 0.2) is 29.0 Å². The molecule has 0 aromatic heterocycles. The standard InChI is InChI=1S/C10H18N2.C2H6/c1-6-11-10(7-8(2)3)12-9(4)5;1-2/h6-7,9,12H,2H2,1,3-5H3;1-2H3/b10-7+,11-6-;. The second-order valence-corrected chi connectivity index (χ2v) is 3.06. The van der Waals surface area contributed by atoms with Gasteiger partial charge in [0.1, 0.15) is 5.82 Å². The average Bonchev–Trinajstić information content (AvgIpc) is 2.06. The lowest BCUT2D eigenvalue weighted by molar-refractivity contribution is 0.663. The van der Waals surface area contributed by atoms with Crippen LogP contribution >= 0.6 is 0 Å². The number of allylic oxidation sites excluding steroid dienone is 2. The third-order valence-corrected chi connectivity index (χ3v) is 1.09. The van der Waals surface area contributed by atoms with Crippen molar-refractivity contribution in [3.63, 3.8) is 0 Å². The smallest absolute Gasteiger partial charge is 0.125 e. The zero-order valence-corrected chi connectivity index (χ0v) is 10.4. The molecular weight excluding hydrogens is 172 g/mol. The Balaban J connectivity index is 0. The van der Waals surface area contributed by atoms with E-state index in [0.717, 1.165) is 11.4 Å². The monoisotopic (exact) mass is 196 g/mol. The van der Waals surface area contributed by atoms with E-state index in [4.69, 9.17) is 0 Å². The Hall–Kier alpha value is -1.05. The van der Waals surface area contributed by atoms with Gasteiger partial charge in [-0.2, -0.15) is 0 Å². The van der Waals surface area contributed by atoms with E-state index in [0.29, 0.717) is 6.04 Å². The SMILES string of the molecule is C=C(C)/C=C(\N=C/C)NC(C)C.CC. The van der Waals surface area contributed by atoms with Crippen LogP contribution in [0.25, 0.3) is 0 Å². The lowest BCUT2D eigenvalue weighted by Crippen LogP contribution is -2.21. The topological polar surface area (TPSA) is 24.4 Å². The van der Waals surface area contributed by atoms with Crippen LogP contribution in [0, 0.1) is 0 Å². The molecule has 0 aliphatic rings. The summed E-state index contributed by atoms with van der Waals surface area (Å²) in [5.41, 5.74) is 1.00. The summed E-state index contributed by atoms with van der Waals surface area (Å²) in [5, 5.41) is 3.21. The second kappa shape index (κ2) is 10.0. The molecule has 0 rings (SSSR count). The van der Waals surface area contributed by atoms with Crippen LogP contribution in [0.4, 0.5) is 0 Å². The Labute approximate surface area is 88.8 Å². The Bertz CT molecular complexity index is 200. The second-order valence-electron chi connectivity index (χ2n) is 3.06. The molecule has 0 aromatic carbocycles. The Morgan fingerprint density at radius 2 is 1.86 bits per heavy atom. The summed E-state index contributed by atoms with van der Waals surface area (Å²) in [6, 6.07) is 0.402. The fourth-order valence-corrected chi connectivity index (χ4v) is 0.784. The molecule has 14 heavy (non-hydrogen) atoms. The van der Waals surface area contributed by atoms with Gasteiger partial charge in [0.15, 0.2) is 0 Å². The Kier molecular flexibility index (Phi) is 11.1. The predicted octanol–water partition coefficient (Wildman–Crippen LogP) is 3.52. The number of hydrogen-bond acceptors (Lipinski definition) is 2. The summed E-state index contributed by atoms with van der Waals surface area (Å²) < 4.78 is 0. The highest BCUT2D eigenvalue weighted by atomic mass is 15.0. The predicted molar refractivity (Wildman–Crippen MR) is 66.7 cm³/mol. The number of nitrogens with one attached hydrogen (secondary N) is 1. The van der Waals surface area contributed by atoms with E-state index in [1.807, 2.05) is 33.8 Å². The van der Waals surface area contributed by atoms with Crippen molar-refractivity contribution in [2.24, 2.45) is 4.99 Å². The van der Waals surface area contributed by atoms with Gasteiger partial charge >= 0.3 is 0 Å². The summed E-state index contributed by atoms with van der Waals surface area (Å²) in [5.74, 6) is 0.875. The van der Waals surface area contributed by atoms with E-state index in [1.54, 1.807) is 6.21 Å². The molecule has 0 saturated carbocycles. The molecule has 0 bridgehead atoms. The molecule has 2 nitrogen and oxygen atoms in total. The number of rotatable bonds is 4. The lowest BCUT2D eigenvalue weighted by Gasteiger charge is -2.09. The van der Waals surface area contributed by atoms with E-state index in [-0.39, 0.29) is 0 Å². The number of hydrogen-bond donors (Lipinski definition) is 1. The van der Waals surface area contributed by atoms with Crippen LogP contribution in [0.3, 0.4) is 0 Å². The Morgan fingerprint density at radius 1 is 1.36 bits per heavy atom. The molecule has 0 saturated heterocycles. The minimum Gasteiger partial charge on any atom is -0.368 e. The molecule has 0 aliphatic heterocycles. The molecule has 0 aromatic rings. The van der Waals surface area contributed by atoms with Crippen LogP contribution in [0.1, 0.15) is 41.5 Å². The quantitative estimate of drug-likeness (QED) is 0.540. The molecule has 0 radical (unpaired) electrons. The maximum atomic E-state index is 4.17. The van der Waals surface area contributed by atoms with E-state index < -0.39 is 0 Å². The molecule has 0 spiro atoms. The van der Waals surface area contributed by atoms with Crippen molar-refractivity contribution in [2.75, 3.05) is 0 Å². The number of aliphatic imine (C=N–C) groups is 1. The van der Waals surface area contributed by atoms with Crippen molar-refractivity contribution < 1.29 is 0 Å². The highest BCUT2D eigenvalue weighted by molar-refractivity contribution is 5.55. The lowest BCUT2D eigenvalue weighted by atomic mass is 10.3. The first-order chi connectivity index (χ1) is 6.56. The van der Waals surface area contributed by atoms with Gasteiger partial charge in [-0.05, 0) is 33.8 Å². The largest absolute Gasteiger partial charge is 0.368 e. The van der Waals surface area contributed by atoms with Crippen LogP contribution < -0.4 is 5.32 Å². The van der Waals surface area contributed by atoms with Crippen molar-refractivity contribution >= 4 is 6.21 Å². The van der Waals surface area contributed by atoms with E-state index in [9.17, 15) is 0 Å². The minimum absolute atomic E-state index is 0.402. The maximum Gasteiger partial charge on any atom is 0.125 e. The fraction of sp³-hybridized carbons (Fsp3) is 0.583. The van der Waals surface area contributed by atoms with Crippen molar-refractivity contribution in [3.8, 4) is 0 Å². The van der Waals surface area contributed by atoms with Crippen LogP contribution in [-0.4, -0.2) is 12.3 Å². The van der Waals surface area contributed by atoms with E-state index >= 15 is 0 Å². The third kappa shape index (κ3) is 11.0. The first-order valence-electron chi connectivity index (χ1n) is 5.18. The molecule has 0 atom stereocenters. The minimum atomic E-state index is 0.402. The zero-order valence-electron chi connectivity index (χ0n) is 10.4. The summed E-state index contributed by atoms with van der Waals surface area (Å²) in [4.78, 5) is 4.17. The van der Waals surface area contributed by atoms with Crippen LogP contribution in [0.5, 0.6) is 0 Å². The maximum absolute atomic E-state index is 4.17. The molecular formula is C12H24N2. The van der Waals surface area contributed by atoms with Gasteiger partial charge in [-0.25, -0.2) is 4.99 Å². The fourth-order valence-electron chi connectivity index (χ4n) is 0.784. The van der Waals surface area contributed by atoms with Crippen molar-refractivity contribution in [1.82, 2.24) is 5.32 Å². The summed E-state index contributed by atoms with van der Waals surface area (Å²) in [6.45, 7) is 15.8. The molecule has 82 valence electrons. The first kappa shape index (κ1) is 15.4. The van der Waals surface area contributed by atoms with Gasteiger partial charge in [-0.15, -0.1) is 0 Å². The van der Waals surface area contributed by atoms with Gasteiger partial charge in [-0.3, -0.25) is 0 Å². The summed E-state index contributed by atoms with van der Waals surface area (Å²) in [7, 11) is 0. The van der Waals surface area contributed by atoms with Crippen molar-refractivity contribution in [3.05, 3.63) is 24.0 Å². The summed E-state index contributed by atoms with van der Waals surface area (Å²) in [6.07, 6.45) is 3.70. The molecule has 0 unspecified atom stereocenters. The highest BCUT2D eigenvalue weighted by Gasteiger charge is 1.94. The first-order valence-corrected chi connectivity index (χ1v) is 5.18. The zero-order chi connectivity index (χ0) is 11.6.